The van der Waals surface area contributed by atoms with Crippen molar-refractivity contribution in [3.8, 4) is 23.0 Å². The van der Waals surface area contributed by atoms with Crippen LogP contribution in [0.15, 0.2) is 60.7 Å². The molecule has 0 unspecified atom stereocenters. The van der Waals surface area contributed by atoms with Gasteiger partial charge in [-0.1, -0.05) is 90.4 Å². The fraction of sp³-hybridized carbons (Fsp3) is 0.457. The van der Waals surface area contributed by atoms with Crippen LogP contribution in [0.1, 0.15) is 113 Å². The summed E-state index contributed by atoms with van der Waals surface area (Å²) in [5.41, 5.74) is 13.8. The smallest absolute Gasteiger partial charge is 0.336 e. The van der Waals surface area contributed by atoms with Gasteiger partial charge >= 0.3 is 5.97 Å². The molecule has 3 aromatic rings. The second kappa shape index (κ2) is 17.9. The summed E-state index contributed by atoms with van der Waals surface area (Å²) in [6.45, 7) is 2.26. The van der Waals surface area contributed by atoms with E-state index in [-0.39, 0.29) is 5.56 Å². The van der Waals surface area contributed by atoms with E-state index in [1.54, 1.807) is 60.7 Å². The molecule has 0 spiro atoms. The highest BCUT2D eigenvalue weighted by Crippen LogP contribution is 2.36. The third kappa shape index (κ3) is 11.8. The van der Waals surface area contributed by atoms with Crippen LogP contribution in [0.5, 0.6) is 23.0 Å². The van der Waals surface area contributed by atoms with Gasteiger partial charge in [-0.15, -0.1) is 0 Å². The molecule has 0 saturated heterocycles. The third-order valence-corrected chi connectivity index (χ3v) is 7.42. The molecule has 0 saturated carbocycles. The van der Waals surface area contributed by atoms with Crippen molar-refractivity contribution in [2.75, 3.05) is 11.5 Å². The van der Waals surface area contributed by atoms with Gasteiger partial charge in [-0.25, -0.2) is 4.79 Å². The fourth-order valence-electron chi connectivity index (χ4n) is 5.05. The summed E-state index contributed by atoms with van der Waals surface area (Å²) in [6, 6.07) is 17.4. The van der Waals surface area contributed by atoms with Gasteiger partial charge in [0.25, 0.3) is 0 Å². The number of aromatic carboxylic acids is 1. The first-order valence-corrected chi connectivity index (χ1v) is 15.4. The van der Waals surface area contributed by atoms with Gasteiger partial charge in [-0.05, 0) is 67.4 Å². The van der Waals surface area contributed by atoms with E-state index >= 15 is 0 Å². The molecule has 0 aliphatic carbocycles. The van der Waals surface area contributed by atoms with Crippen LogP contribution in [0.25, 0.3) is 0 Å². The van der Waals surface area contributed by atoms with Crippen LogP contribution in [-0.4, -0.2) is 11.1 Å². The number of ether oxygens (including phenoxy) is 2. The fourth-order valence-corrected chi connectivity index (χ4v) is 5.05. The van der Waals surface area contributed by atoms with Crippen LogP contribution in [-0.2, 0) is 6.42 Å². The molecule has 0 aromatic heterocycles. The number of hydrogen-bond donors (Lipinski definition) is 3. The van der Waals surface area contributed by atoms with Crippen LogP contribution in [0.3, 0.4) is 0 Å². The van der Waals surface area contributed by atoms with Crippen LogP contribution in [0, 0.1) is 0 Å². The van der Waals surface area contributed by atoms with Gasteiger partial charge in [-0.3, -0.25) is 0 Å². The Kier molecular flexibility index (Phi) is 13.9. The molecule has 3 rings (SSSR count). The first-order valence-electron chi connectivity index (χ1n) is 15.4. The molecule has 0 atom stereocenters. The minimum absolute atomic E-state index is 0.193. The number of carboxylic acids is 1. The van der Waals surface area contributed by atoms with Crippen LogP contribution >= 0.6 is 0 Å². The lowest BCUT2D eigenvalue weighted by atomic mass is 9.98. The van der Waals surface area contributed by atoms with Gasteiger partial charge in [0.1, 0.15) is 23.0 Å². The van der Waals surface area contributed by atoms with E-state index < -0.39 is 5.97 Å². The first-order chi connectivity index (χ1) is 20.0. The van der Waals surface area contributed by atoms with Crippen molar-refractivity contribution < 1.29 is 19.4 Å². The van der Waals surface area contributed by atoms with Gasteiger partial charge in [0.2, 0.25) is 0 Å². The number of benzene rings is 3. The second-order valence-corrected chi connectivity index (χ2v) is 10.9. The lowest BCUT2D eigenvalue weighted by molar-refractivity contribution is 0.0694. The van der Waals surface area contributed by atoms with E-state index in [9.17, 15) is 9.90 Å². The molecular weight excluding hydrogens is 512 g/mol. The lowest BCUT2D eigenvalue weighted by Gasteiger charge is -2.17. The van der Waals surface area contributed by atoms with Crippen molar-refractivity contribution in [3.63, 3.8) is 0 Å². The van der Waals surface area contributed by atoms with Crippen molar-refractivity contribution in [1.29, 1.82) is 0 Å². The van der Waals surface area contributed by atoms with E-state index in [4.69, 9.17) is 20.9 Å². The zero-order valence-corrected chi connectivity index (χ0v) is 24.7. The number of nitrogens with two attached hydrogens (primary N) is 2. The molecule has 222 valence electrons. The summed E-state index contributed by atoms with van der Waals surface area (Å²) < 4.78 is 12.2. The van der Waals surface area contributed by atoms with Gasteiger partial charge in [-0.2, -0.15) is 0 Å². The normalized spacial score (nSPS) is 11.0. The van der Waals surface area contributed by atoms with E-state index in [0.29, 0.717) is 46.4 Å². The molecule has 5 N–H and O–H groups in total. The Morgan fingerprint density at radius 2 is 1.05 bits per heavy atom. The van der Waals surface area contributed by atoms with Crippen molar-refractivity contribution in [1.82, 2.24) is 0 Å². The van der Waals surface area contributed by atoms with Crippen molar-refractivity contribution in [3.05, 3.63) is 71.8 Å². The first kappa shape index (κ1) is 31.9. The SMILES string of the molecule is CCCCCCCCCCCCCCCCc1c(Oc2ccc(N)cc2)cc(Oc2ccc(N)cc2)cc1C(=O)O. The number of rotatable bonds is 20. The molecule has 41 heavy (non-hydrogen) atoms. The van der Waals surface area contributed by atoms with E-state index in [0.717, 1.165) is 19.3 Å². The molecule has 0 heterocycles. The van der Waals surface area contributed by atoms with Crippen molar-refractivity contribution in [2.45, 2.75) is 103 Å². The summed E-state index contributed by atoms with van der Waals surface area (Å²) in [4.78, 5) is 12.3. The zero-order valence-electron chi connectivity index (χ0n) is 24.7. The van der Waals surface area contributed by atoms with E-state index in [1.807, 2.05) is 0 Å². The maximum atomic E-state index is 12.3. The molecule has 3 aromatic carbocycles. The van der Waals surface area contributed by atoms with Gasteiger partial charge in [0, 0.05) is 23.0 Å². The zero-order chi connectivity index (χ0) is 29.3. The average Bonchev–Trinajstić information content (AvgIpc) is 2.96. The summed E-state index contributed by atoms with van der Waals surface area (Å²) in [5.74, 6) is 1.02. The van der Waals surface area contributed by atoms with Crippen molar-refractivity contribution >= 4 is 17.3 Å². The largest absolute Gasteiger partial charge is 0.478 e. The molecule has 0 radical (unpaired) electrons. The predicted molar refractivity (Wildman–Crippen MR) is 169 cm³/mol. The number of nitrogen functional groups attached to an aromatic ring is 2. The van der Waals surface area contributed by atoms with Gasteiger partial charge in [0.05, 0.1) is 5.56 Å². The second-order valence-electron chi connectivity index (χ2n) is 10.9. The van der Waals surface area contributed by atoms with Gasteiger partial charge in [0.15, 0.2) is 0 Å². The summed E-state index contributed by atoms with van der Waals surface area (Å²) >= 11 is 0. The molecule has 0 bridgehead atoms. The quantitative estimate of drug-likeness (QED) is 0.0937. The summed E-state index contributed by atoms with van der Waals surface area (Å²) in [5, 5.41) is 10.1. The van der Waals surface area contributed by atoms with Crippen LogP contribution < -0.4 is 20.9 Å². The predicted octanol–water partition coefficient (Wildman–Crippen LogP) is 10.2. The highest BCUT2D eigenvalue weighted by atomic mass is 16.5. The maximum Gasteiger partial charge on any atom is 0.336 e. The van der Waals surface area contributed by atoms with Crippen LogP contribution in [0.2, 0.25) is 0 Å². The topological polar surface area (TPSA) is 108 Å². The minimum atomic E-state index is -1.00. The molecule has 0 aliphatic heterocycles. The number of unbranched alkanes of at least 4 members (excludes halogenated alkanes) is 13. The Morgan fingerprint density at radius 1 is 0.610 bits per heavy atom. The Morgan fingerprint density at radius 3 is 1.51 bits per heavy atom. The number of hydrogen-bond acceptors (Lipinski definition) is 5. The average molecular weight is 561 g/mol. The van der Waals surface area contributed by atoms with Gasteiger partial charge < -0.3 is 26.0 Å². The third-order valence-electron chi connectivity index (χ3n) is 7.42. The Bertz CT molecular complexity index is 1180. The van der Waals surface area contributed by atoms with E-state index in [1.165, 1.54) is 70.6 Å². The molecule has 0 aliphatic rings. The number of anilines is 2. The summed E-state index contributed by atoms with van der Waals surface area (Å²) in [6.07, 6.45) is 18.5. The van der Waals surface area contributed by atoms with Crippen molar-refractivity contribution in [2.24, 2.45) is 0 Å². The van der Waals surface area contributed by atoms with Crippen LogP contribution in [0.4, 0.5) is 11.4 Å². The molecule has 6 heteroatoms. The number of carbonyl (C=O) groups is 1. The minimum Gasteiger partial charge on any atom is -0.478 e. The Balaban J connectivity index is 1.56. The molecular formula is C35H48N2O4. The Labute approximate surface area is 246 Å². The Hall–Kier alpha value is -3.67. The highest BCUT2D eigenvalue weighted by Gasteiger charge is 2.19. The maximum absolute atomic E-state index is 12.3. The monoisotopic (exact) mass is 560 g/mol. The number of carboxylic acid groups (broad SMARTS) is 1. The highest BCUT2D eigenvalue weighted by molar-refractivity contribution is 5.91. The standard InChI is InChI=1S/C35H48N2O4/c1-2-3-4-5-6-7-8-9-10-11-12-13-14-15-16-32-33(35(38)39)25-31(40-29-21-17-27(36)18-22-29)26-34(32)41-30-23-19-28(37)20-24-30/h17-26H,2-16,36-37H2,1H3,(H,38,39). The lowest BCUT2D eigenvalue weighted by Crippen LogP contribution is -2.06. The van der Waals surface area contributed by atoms with E-state index in [2.05, 4.69) is 6.92 Å². The molecule has 0 fully saturated rings. The summed E-state index contributed by atoms with van der Waals surface area (Å²) in [7, 11) is 0. The molecule has 6 nitrogen and oxygen atoms in total. The molecule has 0 amide bonds.